The van der Waals surface area contributed by atoms with Crippen molar-refractivity contribution in [3.63, 3.8) is 0 Å². The summed E-state index contributed by atoms with van der Waals surface area (Å²) >= 11 is 5.87. The molecule has 0 aliphatic carbocycles. The number of nitrogens with one attached hydrogen (secondary N) is 1. The number of hydrazone groups is 1. The van der Waals surface area contributed by atoms with Gasteiger partial charge in [-0.25, -0.2) is 10.2 Å². The largest absolute Gasteiger partial charge is 0.507 e. The lowest BCUT2D eigenvalue weighted by molar-refractivity contribution is 0.0951. The summed E-state index contributed by atoms with van der Waals surface area (Å²) in [5, 5.41) is 14.0. The number of hydrogen-bond donors (Lipinski definition) is 2. The minimum atomic E-state index is -0.747. The lowest BCUT2D eigenvalue weighted by atomic mass is 10.2. The van der Waals surface area contributed by atoms with E-state index < -0.39 is 11.5 Å². The van der Waals surface area contributed by atoms with E-state index in [0.29, 0.717) is 10.8 Å². The second-order valence-electron chi connectivity index (χ2n) is 4.89. The minimum Gasteiger partial charge on any atom is -0.507 e. The summed E-state index contributed by atoms with van der Waals surface area (Å²) < 4.78 is 10.00. The van der Waals surface area contributed by atoms with Gasteiger partial charge in [0.2, 0.25) is 0 Å². The van der Waals surface area contributed by atoms with Crippen LogP contribution in [-0.2, 0) is 0 Å². The standard InChI is InChI=1S/C16H15ClN2O5/c1-8-6-12(20)14(16(22)24-8)9(2)18-19-15(21)11-7-10(17)4-5-13(11)23-3/h4-7,20H,1-3H3,(H,19,21). The van der Waals surface area contributed by atoms with Gasteiger partial charge in [0.1, 0.15) is 22.8 Å². The molecule has 1 amide bonds. The van der Waals surface area contributed by atoms with Crippen LogP contribution in [0.25, 0.3) is 0 Å². The number of benzene rings is 1. The number of aryl methyl sites for hydroxylation is 1. The van der Waals surface area contributed by atoms with E-state index in [-0.39, 0.29) is 28.3 Å². The van der Waals surface area contributed by atoms with Crippen molar-refractivity contribution in [2.75, 3.05) is 7.11 Å². The van der Waals surface area contributed by atoms with Crippen molar-refractivity contribution >= 4 is 23.2 Å². The smallest absolute Gasteiger partial charge is 0.348 e. The molecule has 126 valence electrons. The van der Waals surface area contributed by atoms with Gasteiger partial charge in [0.15, 0.2) is 0 Å². The Balaban J connectivity index is 2.30. The van der Waals surface area contributed by atoms with Crippen molar-refractivity contribution in [3.8, 4) is 11.5 Å². The van der Waals surface area contributed by atoms with Crippen LogP contribution in [0.15, 0.2) is 38.6 Å². The molecule has 24 heavy (non-hydrogen) atoms. The van der Waals surface area contributed by atoms with Gasteiger partial charge >= 0.3 is 5.63 Å². The van der Waals surface area contributed by atoms with E-state index in [0.717, 1.165) is 0 Å². The predicted molar refractivity (Wildman–Crippen MR) is 89.1 cm³/mol. The van der Waals surface area contributed by atoms with E-state index >= 15 is 0 Å². The summed E-state index contributed by atoms with van der Waals surface area (Å²) in [6, 6.07) is 5.85. The van der Waals surface area contributed by atoms with Crippen molar-refractivity contribution in [2.45, 2.75) is 13.8 Å². The van der Waals surface area contributed by atoms with E-state index in [1.54, 1.807) is 12.1 Å². The normalized spacial score (nSPS) is 11.2. The summed E-state index contributed by atoms with van der Waals surface area (Å²) in [5.74, 6) is -0.270. The number of aromatic hydroxyl groups is 1. The first-order chi connectivity index (χ1) is 11.3. The molecule has 1 aromatic carbocycles. The number of hydrogen-bond acceptors (Lipinski definition) is 6. The number of carbonyl (C=O) groups excluding carboxylic acids is 1. The molecule has 1 heterocycles. The average Bonchev–Trinajstić information content (AvgIpc) is 2.51. The number of rotatable bonds is 4. The SMILES string of the molecule is COc1ccc(Cl)cc1C(=O)NN=C(C)c1c(O)cc(C)oc1=O. The number of carbonyl (C=O) groups is 1. The van der Waals surface area contributed by atoms with Gasteiger partial charge in [-0.15, -0.1) is 0 Å². The maximum Gasteiger partial charge on any atom is 0.348 e. The summed E-state index contributed by atoms with van der Waals surface area (Å²) in [6.45, 7) is 2.99. The van der Waals surface area contributed by atoms with Crippen LogP contribution in [0.1, 0.15) is 28.6 Å². The lowest BCUT2D eigenvalue weighted by Gasteiger charge is -2.08. The quantitative estimate of drug-likeness (QED) is 0.651. The summed E-state index contributed by atoms with van der Waals surface area (Å²) in [7, 11) is 1.42. The fourth-order valence-electron chi connectivity index (χ4n) is 2.04. The monoisotopic (exact) mass is 350 g/mol. The van der Waals surface area contributed by atoms with Crippen LogP contribution < -0.4 is 15.8 Å². The summed E-state index contributed by atoms with van der Waals surface area (Å²) in [5.41, 5.74) is 1.69. The van der Waals surface area contributed by atoms with E-state index in [2.05, 4.69) is 10.5 Å². The van der Waals surface area contributed by atoms with E-state index in [4.69, 9.17) is 20.8 Å². The van der Waals surface area contributed by atoms with Crippen LogP contribution in [0, 0.1) is 6.92 Å². The van der Waals surface area contributed by atoms with E-state index in [9.17, 15) is 14.7 Å². The van der Waals surface area contributed by atoms with Gasteiger partial charge in [0.25, 0.3) is 5.91 Å². The molecule has 1 aromatic heterocycles. The Labute approximate surface area is 142 Å². The molecule has 0 atom stereocenters. The maximum absolute atomic E-state index is 12.2. The summed E-state index contributed by atoms with van der Waals surface area (Å²) in [4.78, 5) is 24.0. The number of nitrogens with zero attached hydrogens (tertiary/aromatic N) is 1. The van der Waals surface area contributed by atoms with Crippen LogP contribution in [0.5, 0.6) is 11.5 Å². The van der Waals surface area contributed by atoms with Crippen molar-refractivity contribution in [1.82, 2.24) is 5.43 Å². The number of methoxy groups -OCH3 is 1. The highest BCUT2D eigenvalue weighted by molar-refractivity contribution is 6.31. The number of amides is 1. The Kier molecular flexibility index (Phi) is 5.25. The Bertz CT molecular complexity index is 873. The Morgan fingerprint density at radius 3 is 2.71 bits per heavy atom. The molecule has 2 rings (SSSR count). The zero-order chi connectivity index (χ0) is 17.9. The molecule has 0 saturated carbocycles. The topological polar surface area (TPSA) is 101 Å². The molecular formula is C16H15ClN2O5. The molecule has 0 aliphatic heterocycles. The predicted octanol–water partition coefficient (Wildman–Crippen LogP) is 2.47. The van der Waals surface area contributed by atoms with Crippen LogP contribution in [0.2, 0.25) is 5.02 Å². The molecule has 0 unspecified atom stereocenters. The highest BCUT2D eigenvalue weighted by Crippen LogP contribution is 2.22. The molecule has 2 aromatic rings. The number of halogens is 1. The van der Waals surface area contributed by atoms with Gasteiger partial charge in [0, 0.05) is 11.1 Å². The highest BCUT2D eigenvalue weighted by atomic mass is 35.5. The third-order valence-corrected chi connectivity index (χ3v) is 3.38. The molecule has 8 heteroatoms. The van der Waals surface area contributed by atoms with Crippen molar-refractivity contribution in [1.29, 1.82) is 0 Å². The van der Waals surface area contributed by atoms with Crippen LogP contribution >= 0.6 is 11.6 Å². The number of ether oxygens (including phenoxy) is 1. The molecule has 2 N–H and O–H groups in total. The zero-order valence-electron chi connectivity index (χ0n) is 13.2. The Hall–Kier alpha value is -2.80. The van der Waals surface area contributed by atoms with Gasteiger partial charge in [-0.3, -0.25) is 4.79 Å². The molecular weight excluding hydrogens is 336 g/mol. The molecule has 7 nitrogen and oxygen atoms in total. The Morgan fingerprint density at radius 1 is 1.38 bits per heavy atom. The third-order valence-electron chi connectivity index (χ3n) is 3.15. The van der Waals surface area contributed by atoms with E-state index in [1.165, 1.54) is 33.1 Å². The van der Waals surface area contributed by atoms with Crippen LogP contribution in [0.3, 0.4) is 0 Å². The highest BCUT2D eigenvalue weighted by Gasteiger charge is 2.15. The first-order valence-electron chi connectivity index (χ1n) is 6.85. The van der Waals surface area contributed by atoms with Crippen molar-refractivity contribution < 1.29 is 19.1 Å². The second kappa shape index (κ2) is 7.18. The van der Waals surface area contributed by atoms with Crippen molar-refractivity contribution in [3.05, 3.63) is 56.6 Å². The third kappa shape index (κ3) is 3.75. The molecule has 0 spiro atoms. The molecule has 0 fully saturated rings. The molecule has 0 saturated heterocycles. The fraction of sp³-hybridized carbons (Fsp3) is 0.188. The van der Waals surface area contributed by atoms with Gasteiger partial charge in [-0.1, -0.05) is 11.6 Å². The van der Waals surface area contributed by atoms with Gasteiger partial charge in [0.05, 0.1) is 18.4 Å². The maximum atomic E-state index is 12.2. The van der Waals surface area contributed by atoms with Gasteiger partial charge in [-0.05, 0) is 32.0 Å². The van der Waals surface area contributed by atoms with Crippen LogP contribution in [-0.4, -0.2) is 23.8 Å². The first-order valence-corrected chi connectivity index (χ1v) is 7.23. The zero-order valence-corrected chi connectivity index (χ0v) is 14.0. The molecule has 0 bridgehead atoms. The van der Waals surface area contributed by atoms with Gasteiger partial charge < -0.3 is 14.3 Å². The first kappa shape index (κ1) is 17.6. The molecule has 0 radical (unpaired) electrons. The minimum absolute atomic E-state index is 0.0931. The fourth-order valence-corrected chi connectivity index (χ4v) is 2.21. The summed E-state index contributed by atoms with van der Waals surface area (Å²) in [6.07, 6.45) is 0. The second-order valence-corrected chi connectivity index (χ2v) is 5.32. The van der Waals surface area contributed by atoms with Crippen molar-refractivity contribution in [2.24, 2.45) is 5.10 Å². The van der Waals surface area contributed by atoms with Crippen LogP contribution in [0.4, 0.5) is 0 Å². The Morgan fingerprint density at radius 2 is 2.08 bits per heavy atom. The lowest BCUT2D eigenvalue weighted by Crippen LogP contribution is -2.22. The molecule has 0 aliphatic rings. The van der Waals surface area contributed by atoms with Gasteiger partial charge in [-0.2, -0.15) is 5.10 Å². The average molecular weight is 351 g/mol. The van der Waals surface area contributed by atoms with E-state index in [1.807, 2.05) is 0 Å².